The van der Waals surface area contributed by atoms with Crippen LogP contribution in [0.5, 0.6) is 0 Å². The molecule has 1 fully saturated rings. The molecule has 2 rings (SSSR count). The molecule has 1 atom stereocenters. The highest BCUT2D eigenvalue weighted by Gasteiger charge is 2.15. The zero-order chi connectivity index (χ0) is 17.0. The SMILES string of the molecule is CCNC(=NCc1ccccc1F)NCCCOCC1CCOC1.I. The number of halogens is 2. The van der Waals surface area contributed by atoms with E-state index in [1.165, 1.54) is 6.07 Å². The van der Waals surface area contributed by atoms with E-state index in [0.717, 1.165) is 52.4 Å². The highest BCUT2D eigenvalue weighted by molar-refractivity contribution is 14.0. The monoisotopic (exact) mass is 465 g/mol. The summed E-state index contributed by atoms with van der Waals surface area (Å²) in [6.07, 6.45) is 2.00. The number of ether oxygens (including phenoxy) is 2. The van der Waals surface area contributed by atoms with Crippen LogP contribution in [0, 0.1) is 11.7 Å². The Bertz CT molecular complexity index is 511. The molecule has 1 aromatic rings. The van der Waals surface area contributed by atoms with Crippen LogP contribution >= 0.6 is 24.0 Å². The van der Waals surface area contributed by atoms with E-state index in [-0.39, 0.29) is 29.8 Å². The van der Waals surface area contributed by atoms with Crippen molar-refractivity contribution in [2.24, 2.45) is 10.9 Å². The Morgan fingerprint density at radius 1 is 1.36 bits per heavy atom. The van der Waals surface area contributed by atoms with Gasteiger partial charge in [-0.15, -0.1) is 24.0 Å². The van der Waals surface area contributed by atoms with Crippen molar-refractivity contribution in [2.75, 3.05) is 39.5 Å². The molecule has 5 nitrogen and oxygen atoms in total. The molecule has 0 bridgehead atoms. The predicted molar refractivity (Wildman–Crippen MR) is 109 cm³/mol. The second kappa shape index (κ2) is 13.3. The van der Waals surface area contributed by atoms with Crippen molar-refractivity contribution in [1.82, 2.24) is 10.6 Å². The molecule has 7 heteroatoms. The average molecular weight is 465 g/mol. The van der Waals surface area contributed by atoms with Crippen molar-refractivity contribution in [3.05, 3.63) is 35.6 Å². The maximum atomic E-state index is 13.6. The number of benzene rings is 1. The number of rotatable bonds is 9. The second-order valence-corrected chi connectivity index (χ2v) is 5.87. The number of hydrogen-bond donors (Lipinski definition) is 2. The zero-order valence-electron chi connectivity index (χ0n) is 14.8. The third-order valence-electron chi connectivity index (χ3n) is 3.85. The first-order valence-corrected chi connectivity index (χ1v) is 8.70. The van der Waals surface area contributed by atoms with E-state index < -0.39 is 0 Å². The van der Waals surface area contributed by atoms with Gasteiger partial charge in [0.1, 0.15) is 5.82 Å². The summed E-state index contributed by atoms with van der Waals surface area (Å²) in [6, 6.07) is 6.71. The number of hydrogen-bond acceptors (Lipinski definition) is 3. The Morgan fingerprint density at radius 3 is 2.92 bits per heavy atom. The van der Waals surface area contributed by atoms with Crippen LogP contribution in [0.1, 0.15) is 25.3 Å². The highest BCUT2D eigenvalue weighted by atomic mass is 127. The topological polar surface area (TPSA) is 54.9 Å². The van der Waals surface area contributed by atoms with Crippen LogP contribution in [-0.4, -0.2) is 45.5 Å². The molecule has 0 aromatic heterocycles. The third-order valence-corrected chi connectivity index (χ3v) is 3.85. The average Bonchev–Trinajstić information content (AvgIpc) is 3.10. The van der Waals surface area contributed by atoms with E-state index in [1.54, 1.807) is 12.1 Å². The largest absolute Gasteiger partial charge is 0.381 e. The molecule has 2 N–H and O–H groups in total. The van der Waals surface area contributed by atoms with Gasteiger partial charge in [-0.3, -0.25) is 0 Å². The fraction of sp³-hybridized carbons (Fsp3) is 0.611. The van der Waals surface area contributed by atoms with E-state index in [1.807, 2.05) is 13.0 Å². The van der Waals surface area contributed by atoms with Gasteiger partial charge in [-0.05, 0) is 25.8 Å². The van der Waals surface area contributed by atoms with Crippen molar-refractivity contribution in [3.8, 4) is 0 Å². The molecular formula is C18H29FIN3O2. The van der Waals surface area contributed by atoms with Gasteiger partial charge in [0.2, 0.25) is 0 Å². The van der Waals surface area contributed by atoms with E-state index in [4.69, 9.17) is 9.47 Å². The number of nitrogens with zero attached hydrogens (tertiary/aromatic N) is 1. The van der Waals surface area contributed by atoms with Gasteiger partial charge in [0.15, 0.2) is 5.96 Å². The van der Waals surface area contributed by atoms with E-state index in [0.29, 0.717) is 24.0 Å². The summed E-state index contributed by atoms with van der Waals surface area (Å²) in [6.45, 7) is 7.04. The van der Waals surface area contributed by atoms with E-state index >= 15 is 0 Å². The van der Waals surface area contributed by atoms with Gasteiger partial charge in [0.25, 0.3) is 0 Å². The number of aliphatic imine (C=N–C) groups is 1. The molecule has 1 aromatic carbocycles. The van der Waals surface area contributed by atoms with Crippen LogP contribution in [0.3, 0.4) is 0 Å². The fourth-order valence-corrected chi connectivity index (χ4v) is 2.48. The second-order valence-electron chi connectivity index (χ2n) is 5.87. The highest BCUT2D eigenvalue weighted by Crippen LogP contribution is 2.12. The van der Waals surface area contributed by atoms with Gasteiger partial charge >= 0.3 is 0 Å². The lowest BCUT2D eigenvalue weighted by Crippen LogP contribution is -2.38. The van der Waals surface area contributed by atoms with Gasteiger partial charge in [0, 0.05) is 37.8 Å². The van der Waals surface area contributed by atoms with Crippen molar-refractivity contribution in [1.29, 1.82) is 0 Å². The summed E-state index contributed by atoms with van der Waals surface area (Å²) < 4.78 is 24.6. The van der Waals surface area contributed by atoms with E-state index in [9.17, 15) is 4.39 Å². The molecule has 0 amide bonds. The molecule has 1 aliphatic rings. The maximum absolute atomic E-state index is 13.6. The van der Waals surface area contributed by atoms with Crippen molar-refractivity contribution in [3.63, 3.8) is 0 Å². The molecule has 142 valence electrons. The zero-order valence-corrected chi connectivity index (χ0v) is 17.1. The minimum Gasteiger partial charge on any atom is -0.381 e. The Hall–Kier alpha value is -0.930. The summed E-state index contributed by atoms with van der Waals surface area (Å²) in [4.78, 5) is 4.42. The first kappa shape index (κ1) is 22.1. The van der Waals surface area contributed by atoms with E-state index in [2.05, 4.69) is 15.6 Å². The van der Waals surface area contributed by atoms with Crippen LogP contribution < -0.4 is 10.6 Å². The molecule has 1 unspecified atom stereocenters. The minimum atomic E-state index is -0.221. The lowest BCUT2D eigenvalue weighted by Gasteiger charge is -2.12. The summed E-state index contributed by atoms with van der Waals surface area (Å²) in [7, 11) is 0. The summed E-state index contributed by atoms with van der Waals surface area (Å²) in [5.41, 5.74) is 0.594. The molecule has 0 aliphatic carbocycles. The molecule has 0 radical (unpaired) electrons. The molecular weight excluding hydrogens is 436 g/mol. The Kier molecular flexibility index (Phi) is 11.8. The lowest BCUT2D eigenvalue weighted by atomic mass is 10.1. The predicted octanol–water partition coefficient (Wildman–Crippen LogP) is 2.94. The first-order valence-electron chi connectivity index (χ1n) is 8.70. The van der Waals surface area contributed by atoms with Gasteiger partial charge in [-0.1, -0.05) is 18.2 Å². The van der Waals surface area contributed by atoms with Crippen molar-refractivity contribution in [2.45, 2.75) is 26.3 Å². The standard InChI is InChI=1S/C18H28FN3O2.HI/c1-2-20-18(22-12-16-6-3-4-7-17(16)19)21-9-5-10-23-13-15-8-11-24-14-15;/h3-4,6-7,15H,2,5,8-14H2,1H3,(H2,20,21,22);1H. The quantitative estimate of drug-likeness (QED) is 0.255. The fourth-order valence-electron chi connectivity index (χ4n) is 2.48. The lowest BCUT2D eigenvalue weighted by molar-refractivity contribution is 0.0888. The molecule has 1 saturated heterocycles. The van der Waals surface area contributed by atoms with Crippen molar-refractivity contribution < 1.29 is 13.9 Å². The minimum absolute atomic E-state index is 0. The van der Waals surface area contributed by atoms with Gasteiger partial charge in [0.05, 0.1) is 19.8 Å². The summed E-state index contributed by atoms with van der Waals surface area (Å²) in [5.74, 6) is 1.03. The normalized spacial score (nSPS) is 17.2. The van der Waals surface area contributed by atoms with Crippen LogP contribution in [0.2, 0.25) is 0 Å². The maximum Gasteiger partial charge on any atom is 0.191 e. The first-order chi connectivity index (χ1) is 11.8. The van der Waals surface area contributed by atoms with Crippen LogP contribution in [0.25, 0.3) is 0 Å². The van der Waals surface area contributed by atoms with Gasteiger partial charge in [-0.25, -0.2) is 9.38 Å². The van der Waals surface area contributed by atoms with Gasteiger partial charge in [-0.2, -0.15) is 0 Å². The molecule has 0 spiro atoms. The summed E-state index contributed by atoms with van der Waals surface area (Å²) >= 11 is 0. The smallest absolute Gasteiger partial charge is 0.191 e. The molecule has 0 saturated carbocycles. The Labute approximate surface area is 166 Å². The number of nitrogens with one attached hydrogen (secondary N) is 2. The Morgan fingerprint density at radius 2 is 2.20 bits per heavy atom. The number of guanidine groups is 1. The van der Waals surface area contributed by atoms with Crippen LogP contribution in [0.15, 0.2) is 29.3 Å². The summed E-state index contributed by atoms with van der Waals surface area (Å²) in [5, 5.41) is 6.42. The van der Waals surface area contributed by atoms with Gasteiger partial charge < -0.3 is 20.1 Å². The Balaban J connectivity index is 0.00000312. The van der Waals surface area contributed by atoms with Crippen LogP contribution in [-0.2, 0) is 16.0 Å². The third kappa shape index (κ3) is 8.82. The molecule has 25 heavy (non-hydrogen) atoms. The van der Waals surface area contributed by atoms with Crippen molar-refractivity contribution >= 4 is 29.9 Å². The van der Waals surface area contributed by atoms with Crippen LogP contribution in [0.4, 0.5) is 4.39 Å². The molecule has 1 heterocycles. The molecule has 1 aliphatic heterocycles.